The van der Waals surface area contributed by atoms with Gasteiger partial charge in [0.1, 0.15) is 0 Å². The molecule has 1 aromatic heterocycles. The van der Waals surface area contributed by atoms with Crippen LogP contribution < -0.4 is 0 Å². The number of amides is 1. The molecule has 0 aliphatic carbocycles. The highest BCUT2D eigenvalue weighted by atomic mass is 16.5. The average molecular weight is 266 g/mol. The van der Waals surface area contributed by atoms with E-state index < -0.39 is 5.97 Å². The average Bonchev–Trinajstić information content (AvgIpc) is 2.82. The van der Waals surface area contributed by atoms with Crippen molar-refractivity contribution in [2.24, 2.45) is 5.92 Å². The van der Waals surface area contributed by atoms with Gasteiger partial charge in [-0.05, 0) is 32.1 Å². The van der Waals surface area contributed by atoms with Crippen molar-refractivity contribution in [3.05, 3.63) is 17.5 Å². The van der Waals surface area contributed by atoms with Crippen molar-refractivity contribution < 1.29 is 19.2 Å². The molecule has 0 radical (unpaired) electrons. The van der Waals surface area contributed by atoms with Crippen LogP contribution in [0.5, 0.6) is 0 Å². The number of hydrogen-bond acceptors (Lipinski definition) is 4. The van der Waals surface area contributed by atoms with Crippen LogP contribution in [-0.2, 0) is 4.79 Å². The van der Waals surface area contributed by atoms with E-state index in [1.165, 1.54) is 6.20 Å². The Hall–Kier alpha value is -1.85. The summed E-state index contributed by atoms with van der Waals surface area (Å²) < 4.78 is 4.97. The number of aryl methyl sites for hydroxylation is 1. The van der Waals surface area contributed by atoms with E-state index in [1.54, 1.807) is 11.8 Å². The summed E-state index contributed by atoms with van der Waals surface area (Å²) in [5, 5.41) is 12.3. The molecular formula is C13H18N2O4. The zero-order valence-corrected chi connectivity index (χ0v) is 11.0. The first-order valence-corrected chi connectivity index (χ1v) is 6.50. The molecule has 2 heterocycles. The van der Waals surface area contributed by atoms with Crippen molar-refractivity contribution in [3.8, 4) is 0 Å². The summed E-state index contributed by atoms with van der Waals surface area (Å²) in [5.41, 5.74) is 0.748. The molecule has 1 aliphatic heterocycles. The summed E-state index contributed by atoms with van der Waals surface area (Å²) in [7, 11) is 0. The first-order valence-electron chi connectivity index (χ1n) is 6.50. The quantitative estimate of drug-likeness (QED) is 0.896. The summed E-state index contributed by atoms with van der Waals surface area (Å²) in [6, 6.07) is 0. The molecule has 1 amide bonds. The second-order valence-electron chi connectivity index (χ2n) is 5.01. The number of carbonyl (C=O) groups excluding carboxylic acids is 1. The minimum Gasteiger partial charge on any atom is -0.481 e. The highest BCUT2D eigenvalue weighted by Crippen LogP contribution is 2.23. The van der Waals surface area contributed by atoms with Crippen molar-refractivity contribution >= 4 is 11.9 Å². The number of aromatic nitrogens is 1. The molecule has 0 spiro atoms. The molecule has 104 valence electrons. The van der Waals surface area contributed by atoms with Crippen LogP contribution in [0.15, 0.2) is 10.7 Å². The van der Waals surface area contributed by atoms with Crippen LogP contribution in [0.25, 0.3) is 0 Å². The van der Waals surface area contributed by atoms with Crippen LogP contribution in [0.3, 0.4) is 0 Å². The summed E-state index contributed by atoms with van der Waals surface area (Å²) in [4.78, 5) is 24.4. The number of hydrogen-bond donors (Lipinski definition) is 1. The number of carboxylic acids is 1. The van der Waals surface area contributed by atoms with Crippen molar-refractivity contribution in [2.45, 2.75) is 32.6 Å². The van der Waals surface area contributed by atoms with E-state index >= 15 is 0 Å². The Bertz CT molecular complexity index is 461. The third-order valence-corrected chi connectivity index (χ3v) is 3.61. The number of likely N-dealkylation sites (tertiary alicyclic amines) is 1. The van der Waals surface area contributed by atoms with E-state index in [0.717, 1.165) is 18.4 Å². The van der Waals surface area contributed by atoms with Gasteiger partial charge >= 0.3 is 5.97 Å². The van der Waals surface area contributed by atoms with Crippen LogP contribution in [0.2, 0.25) is 0 Å². The molecule has 19 heavy (non-hydrogen) atoms. The standard InChI is InChI=1S/C13H18N2O4/c1-9-8-14-19-12(9)13(18)15-6-4-10(5-7-15)2-3-11(16)17/h8,10H,2-7H2,1H3,(H,16,17). The van der Waals surface area contributed by atoms with Crippen LogP contribution in [0.1, 0.15) is 41.8 Å². The molecule has 1 N–H and O–H groups in total. The minimum absolute atomic E-state index is 0.119. The van der Waals surface area contributed by atoms with E-state index in [0.29, 0.717) is 31.2 Å². The fourth-order valence-electron chi connectivity index (χ4n) is 2.39. The second kappa shape index (κ2) is 5.86. The minimum atomic E-state index is -0.754. The lowest BCUT2D eigenvalue weighted by Crippen LogP contribution is -2.38. The Morgan fingerprint density at radius 2 is 2.16 bits per heavy atom. The highest BCUT2D eigenvalue weighted by molar-refractivity contribution is 5.92. The van der Waals surface area contributed by atoms with Crippen molar-refractivity contribution in [2.75, 3.05) is 13.1 Å². The molecule has 0 unspecified atom stereocenters. The third-order valence-electron chi connectivity index (χ3n) is 3.61. The zero-order valence-electron chi connectivity index (χ0n) is 11.0. The molecule has 0 saturated carbocycles. The maximum atomic E-state index is 12.2. The van der Waals surface area contributed by atoms with Gasteiger partial charge in [-0.1, -0.05) is 5.16 Å². The smallest absolute Gasteiger partial charge is 0.303 e. The van der Waals surface area contributed by atoms with Crippen molar-refractivity contribution in [3.63, 3.8) is 0 Å². The van der Waals surface area contributed by atoms with Gasteiger partial charge in [0.2, 0.25) is 5.76 Å². The first-order chi connectivity index (χ1) is 9.08. The molecular weight excluding hydrogens is 248 g/mol. The van der Waals surface area contributed by atoms with Crippen LogP contribution in [0, 0.1) is 12.8 Å². The Balaban J connectivity index is 1.85. The fraction of sp³-hybridized carbons (Fsp3) is 0.615. The van der Waals surface area contributed by atoms with Gasteiger partial charge in [0.15, 0.2) is 0 Å². The second-order valence-corrected chi connectivity index (χ2v) is 5.01. The summed E-state index contributed by atoms with van der Waals surface area (Å²) in [6.07, 6.45) is 4.14. The maximum absolute atomic E-state index is 12.2. The largest absolute Gasteiger partial charge is 0.481 e. The van der Waals surface area contributed by atoms with E-state index in [2.05, 4.69) is 5.16 Å². The molecule has 0 aromatic carbocycles. The van der Waals surface area contributed by atoms with Crippen LogP contribution >= 0.6 is 0 Å². The van der Waals surface area contributed by atoms with E-state index in [9.17, 15) is 9.59 Å². The van der Waals surface area contributed by atoms with E-state index in [-0.39, 0.29) is 12.3 Å². The van der Waals surface area contributed by atoms with Crippen LogP contribution in [-0.4, -0.2) is 40.1 Å². The van der Waals surface area contributed by atoms with Gasteiger partial charge in [0, 0.05) is 25.1 Å². The van der Waals surface area contributed by atoms with Gasteiger partial charge in [-0.2, -0.15) is 0 Å². The lowest BCUT2D eigenvalue weighted by atomic mass is 9.92. The number of carboxylic acid groups (broad SMARTS) is 1. The van der Waals surface area contributed by atoms with Crippen molar-refractivity contribution in [1.29, 1.82) is 0 Å². The van der Waals surface area contributed by atoms with Gasteiger partial charge in [0.25, 0.3) is 5.91 Å². The zero-order chi connectivity index (χ0) is 13.8. The maximum Gasteiger partial charge on any atom is 0.303 e. The summed E-state index contributed by atoms with van der Waals surface area (Å²) in [5.74, 6) is -0.164. The van der Waals surface area contributed by atoms with Gasteiger partial charge in [-0.3, -0.25) is 9.59 Å². The molecule has 2 rings (SSSR count). The molecule has 1 aromatic rings. The molecule has 6 nitrogen and oxygen atoms in total. The summed E-state index contributed by atoms with van der Waals surface area (Å²) in [6.45, 7) is 3.11. The number of carbonyl (C=O) groups is 2. The van der Waals surface area contributed by atoms with Gasteiger partial charge in [-0.25, -0.2) is 0 Å². The number of aliphatic carboxylic acids is 1. The SMILES string of the molecule is Cc1cnoc1C(=O)N1CCC(CCC(=O)O)CC1. The molecule has 6 heteroatoms. The molecule has 1 saturated heterocycles. The van der Waals surface area contributed by atoms with Crippen LogP contribution in [0.4, 0.5) is 0 Å². The van der Waals surface area contributed by atoms with Gasteiger partial charge in [-0.15, -0.1) is 0 Å². The summed E-state index contributed by atoms with van der Waals surface area (Å²) >= 11 is 0. The first kappa shape index (κ1) is 13.6. The Labute approximate surface area is 111 Å². The third kappa shape index (κ3) is 3.33. The normalized spacial score (nSPS) is 16.6. The highest BCUT2D eigenvalue weighted by Gasteiger charge is 2.26. The lowest BCUT2D eigenvalue weighted by molar-refractivity contribution is -0.137. The lowest BCUT2D eigenvalue weighted by Gasteiger charge is -2.31. The van der Waals surface area contributed by atoms with Crippen molar-refractivity contribution in [1.82, 2.24) is 10.1 Å². The van der Waals surface area contributed by atoms with E-state index in [4.69, 9.17) is 9.63 Å². The number of rotatable bonds is 4. The topological polar surface area (TPSA) is 83.6 Å². The fourth-order valence-corrected chi connectivity index (χ4v) is 2.39. The van der Waals surface area contributed by atoms with Gasteiger partial charge < -0.3 is 14.5 Å². The Morgan fingerprint density at radius 1 is 1.47 bits per heavy atom. The van der Waals surface area contributed by atoms with Gasteiger partial charge in [0.05, 0.1) is 6.20 Å². The molecule has 1 aliphatic rings. The predicted molar refractivity (Wildman–Crippen MR) is 66.7 cm³/mol. The molecule has 0 atom stereocenters. The monoisotopic (exact) mass is 266 g/mol. The molecule has 1 fully saturated rings. The number of nitrogens with zero attached hydrogens (tertiary/aromatic N) is 2. The molecule has 0 bridgehead atoms. The predicted octanol–water partition coefficient (Wildman–Crippen LogP) is 1.70. The van der Waals surface area contributed by atoms with E-state index in [1.807, 2.05) is 0 Å². The number of piperidine rings is 1. The Morgan fingerprint density at radius 3 is 2.68 bits per heavy atom. The Kier molecular flexibility index (Phi) is 4.19.